The van der Waals surface area contributed by atoms with E-state index >= 15 is 0 Å². The molecule has 0 bridgehead atoms. The molecule has 1 aromatic rings. The summed E-state index contributed by atoms with van der Waals surface area (Å²) in [6, 6.07) is 0.693. The van der Waals surface area contributed by atoms with Gasteiger partial charge < -0.3 is 10.6 Å². The summed E-state index contributed by atoms with van der Waals surface area (Å²) in [5, 5.41) is 0. The fourth-order valence-electron chi connectivity index (χ4n) is 3.37. The zero-order chi connectivity index (χ0) is 14.1. The molecular weight excluding hydrogens is 250 g/mol. The van der Waals surface area contributed by atoms with Crippen molar-refractivity contribution in [3.05, 3.63) is 11.4 Å². The van der Waals surface area contributed by atoms with Crippen molar-refractivity contribution in [3.8, 4) is 0 Å². The fourth-order valence-corrected chi connectivity index (χ4v) is 3.37. The van der Waals surface area contributed by atoms with Crippen molar-refractivity contribution in [3.63, 3.8) is 0 Å². The number of likely N-dealkylation sites (tertiary alicyclic amines) is 1. The average molecular weight is 275 g/mol. The third kappa shape index (κ3) is 2.46. The molecule has 0 saturated carbocycles. The van der Waals surface area contributed by atoms with Gasteiger partial charge in [-0.15, -0.1) is 0 Å². The van der Waals surface area contributed by atoms with Crippen LogP contribution in [-0.4, -0.2) is 47.1 Å². The van der Waals surface area contributed by atoms with Gasteiger partial charge >= 0.3 is 0 Å². The molecule has 0 aliphatic carbocycles. The minimum atomic E-state index is 0.636. The Kier molecular flexibility index (Phi) is 3.78. The van der Waals surface area contributed by atoms with Crippen molar-refractivity contribution in [2.24, 2.45) is 0 Å². The van der Waals surface area contributed by atoms with E-state index in [0.717, 1.165) is 36.7 Å². The molecule has 5 heteroatoms. The lowest BCUT2D eigenvalue weighted by Gasteiger charge is -2.25. The first-order chi connectivity index (χ1) is 9.69. The number of nitrogen functional groups attached to an aromatic ring is 1. The van der Waals surface area contributed by atoms with E-state index in [0.29, 0.717) is 11.9 Å². The number of nitrogens with two attached hydrogens (primary N) is 1. The van der Waals surface area contributed by atoms with Crippen molar-refractivity contribution in [1.82, 2.24) is 14.9 Å². The minimum Gasteiger partial charge on any atom is -0.383 e. The van der Waals surface area contributed by atoms with E-state index in [1.54, 1.807) is 0 Å². The zero-order valence-electron chi connectivity index (χ0n) is 12.6. The maximum absolute atomic E-state index is 6.03. The Morgan fingerprint density at radius 3 is 2.65 bits per heavy atom. The maximum Gasteiger partial charge on any atom is 0.137 e. The summed E-state index contributed by atoms with van der Waals surface area (Å²) in [4.78, 5) is 14.1. The van der Waals surface area contributed by atoms with Crippen LogP contribution in [0.15, 0.2) is 0 Å². The van der Waals surface area contributed by atoms with Crippen molar-refractivity contribution in [1.29, 1.82) is 0 Å². The fraction of sp³-hybridized carbons (Fsp3) is 0.733. The molecule has 2 N–H and O–H groups in total. The number of aryl methyl sites for hydroxylation is 1. The van der Waals surface area contributed by atoms with E-state index in [1.165, 1.54) is 32.4 Å². The van der Waals surface area contributed by atoms with Crippen molar-refractivity contribution in [2.75, 3.05) is 36.8 Å². The van der Waals surface area contributed by atoms with Crippen LogP contribution in [0.3, 0.4) is 0 Å². The summed E-state index contributed by atoms with van der Waals surface area (Å²) in [7, 11) is 0. The maximum atomic E-state index is 6.03. The van der Waals surface area contributed by atoms with E-state index < -0.39 is 0 Å². The first kappa shape index (κ1) is 13.6. The monoisotopic (exact) mass is 275 g/mol. The Morgan fingerprint density at radius 2 is 1.95 bits per heavy atom. The molecule has 2 saturated heterocycles. The van der Waals surface area contributed by atoms with Crippen LogP contribution in [0.4, 0.5) is 11.6 Å². The predicted octanol–water partition coefficient (Wildman–Crippen LogP) is 1.60. The van der Waals surface area contributed by atoms with Gasteiger partial charge in [-0.3, -0.25) is 4.90 Å². The molecule has 0 amide bonds. The molecule has 0 aromatic carbocycles. The minimum absolute atomic E-state index is 0.636. The van der Waals surface area contributed by atoms with Gasteiger partial charge in [-0.1, -0.05) is 6.92 Å². The second-order valence-electron chi connectivity index (χ2n) is 5.96. The van der Waals surface area contributed by atoms with E-state index in [9.17, 15) is 0 Å². The summed E-state index contributed by atoms with van der Waals surface area (Å²) in [5.41, 5.74) is 7.06. The first-order valence-electron chi connectivity index (χ1n) is 7.81. The number of rotatable bonds is 3. The largest absolute Gasteiger partial charge is 0.383 e. The standard InChI is InChI=1S/C15H25N5/c1-3-13-17-14(16)11(2)15(18-13)20-9-6-12(10-20)19-7-4-5-8-19/h12H,3-10H2,1-2H3,(H2,16,17,18). The molecule has 5 nitrogen and oxygen atoms in total. The normalized spacial score (nSPS) is 23.7. The molecule has 0 spiro atoms. The highest BCUT2D eigenvalue weighted by molar-refractivity contribution is 5.57. The van der Waals surface area contributed by atoms with Gasteiger partial charge in [0.2, 0.25) is 0 Å². The van der Waals surface area contributed by atoms with E-state index in [1.807, 2.05) is 6.92 Å². The molecule has 20 heavy (non-hydrogen) atoms. The van der Waals surface area contributed by atoms with E-state index in [-0.39, 0.29) is 0 Å². The molecule has 1 aromatic heterocycles. The topological polar surface area (TPSA) is 58.3 Å². The number of hydrogen-bond donors (Lipinski definition) is 1. The lowest BCUT2D eigenvalue weighted by atomic mass is 10.2. The Balaban J connectivity index is 1.78. The van der Waals surface area contributed by atoms with Crippen LogP contribution >= 0.6 is 0 Å². The number of hydrogen-bond acceptors (Lipinski definition) is 5. The second kappa shape index (κ2) is 5.56. The third-order valence-corrected chi connectivity index (χ3v) is 4.64. The highest BCUT2D eigenvalue weighted by Crippen LogP contribution is 2.28. The summed E-state index contributed by atoms with van der Waals surface area (Å²) in [6.45, 7) is 8.81. The van der Waals surface area contributed by atoms with Crippen LogP contribution in [0.2, 0.25) is 0 Å². The number of nitrogens with zero attached hydrogens (tertiary/aromatic N) is 4. The predicted molar refractivity (Wildman–Crippen MR) is 82.0 cm³/mol. The Bertz CT molecular complexity index is 481. The van der Waals surface area contributed by atoms with Crippen LogP contribution < -0.4 is 10.6 Å². The lowest BCUT2D eigenvalue weighted by molar-refractivity contribution is 0.260. The smallest absolute Gasteiger partial charge is 0.137 e. The number of aromatic nitrogens is 2. The molecule has 110 valence electrons. The Labute approximate surface area is 121 Å². The van der Waals surface area contributed by atoms with Crippen LogP contribution in [-0.2, 0) is 6.42 Å². The average Bonchev–Trinajstić information content (AvgIpc) is 3.11. The van der Waals surface area contributed by atoms with Crippen LogP contribution in [0, 0.1) is 6.92 Å². The van der Waals surface area contributed by atoms with Crippen LogP contribution in [0.25, 0.3) is 0 Å². The van der Waals surface area contributed by atoms with Crippen LogP contribution in [0.5, 0.6) is 0 Å². The van der Waals surface area contributed by atoms with E-state index in [4.69, 9.17) is 10.7 Å². The van der Waals surface area contributed by atoms with Crippen LogP contribution in [0.1, 0.15) is 37.6 Å². The zero-order valence-corrected chi connectivity index (χ0v) is 12.6. The molecule has 2 aliphatic heterocycles. The SMILES string of the molecule is CCc1nc(N)c(C)c(N2CCC(N3CCCC3)C2)n1. The quantitative estimate of drug-likeness (QED) is 0.908. The molecule has 1 unspecified atom stereocenters. The Hall–Kier alpha value is -1.36. The highest BCUT2D eigenvalue weighted by atomic mass is 15.3. The molecule has 2 aliphatic rings. The molecule has 3 rings (SSSR count). The van der Waals surface area contributed by atoms with Crippen molar-refractivity contribution < 1.29 is 0 Å². The number of anilines is 2. The molecule has 1 atom stereocenters. The molecular formula is C15H25N5. The first-order valence-corrected chi connectivity index (χ1v) is 7.81. The molecule has 2 fully saturated rings. The lowest BCUT2D eigenvalue weighted by Crippen LogP contribution is -2.35. The summed E-state index contributed by atoms with van der Waals surface area (Å²) < 4.78 is 0. The summed E-state index contributed by atoms with van der Waals surface area (Å²) >= 11 is 0. The van der Waals surface area contributed by atoms with Gasteiger partial charge in [-0.05, 0) is 39.3 Å². The van der Waals surface area contributed by atoms with Gasteiger partial charge in [0.25, 0.3) is 0 Å². The van der Waals surface area contributed by atoms with Gasteiger partial charge in [-0.2, -0.15) is 0 Å². The van der Waals surface area contributed by atoms with Crippen molar-refractivity contribution >= 4 is 11.6 Å². The molecule has 3 heterocycles. The van der Waals surface area contributed by atoms with Gasteiger partial charge in [0.15, 0.2) is 0 Å². The van der Waals surface area contributed by atoms with E-state index in [2.05, 4.69) is 21.7 Å². The van der Waals surface area contributed by atoms with Crippen molar-refractivity contribution in [2.45, 2.75) is 45.6 Å². The summed E-state index contributed by atoms with van der Waals surface area (Å²) in [5.74, 6) is 2.54. The highest BCUT2D eigenvalue weighted by Gasteiger charge is 2.30. The molecule has 0 radical (unpaired) electrons. The summed E-state index contributed by atoms with van der Waals surface area (Å²) in [6.07, 6.45) is 4.79. The van der Waals surface area contributed by atoms with Gasteiger partial charge in [-0.25, -0.2) is 9.97 Å². The Morgan fingerprint density at radius 1 is 1.20 bits per heavy atom. The van der Waals surface area contributed by atoms with Gasteiger partial charge in [0.1, 0.15) is 17.5 Å². The van der Waals surface area contributed by atoms with Gasteiger partial charge in [0, 0.05) is 31.1 Å². The van der Waals surface area contributed by atoms with Gasteiger partial charge in [0.05, 0.1) is 0 Å². The second-order valence-corrected chi connectivity index (χ2v) is 5.96. The third-order valence-electron chi connectivity index (χ3n) is 4.64.